The molecule has 0 saturated carbocycles. The maximum Gasteiger partial charge on any atom is 0.193 e. The van der Waals surface area contributed by atoms with Crippen LogP contribution in [0.5, 0.6) is 11.5 Å². The fourth-order valence-electron chi connectivity index (χ4n) is 3.51. The zero-order valence-electron chi connectivity index (χ0n) is 15.8. The molecular formula is C21H27IN4O2. The highest BCUT2D eigenvalue weighted by molar-refractivity contribution is 14.0. The van der Waals surface area contributed by atoms with Crippen molar-refractivity contribution in [1.29, 1.82) is 0 Å². The lowest BCUT2D eigenvalue weighted by Gasteiger charge is -2.18. The third kappa shape index (κ3) is 5.21. The zero-order valence-corrected chi connectivity index (χ0v) is 18.2. The predicted octanol–water partition coefficient (Wildman–Crippen LogP) is 3.72. The van der Waals surface area contributed by atoms with Crippen LogP contribution in [-0.4, -0.2) is 38.8 Å². The molecule has 6 nitrogen and oxygen atoms in total. The predicted molar refractivity (Wildman–Crippen MR) is 124 cm³/mol. The first-order chi connectivity index (χ1) is 13.3. The Kier molecular flexibility index (Phi) is 7.24. The minimum atomic E-state index is 0. The van der Waals surface area contributed by atoms with E-state index in [0.717, 1.165) is 49.7 Å². The number of rotatable bonds is 4. The van der Waals surface area contributed by atoms with Crippen molar-refractivity contribution in [2.24, 2.45) is 16.6 Å². The smallest absolute Gasteiger partial charge is 0.193 e. The number of benzene rings is 2. The Hall–Kier alpha value is -2.16. The molecule has 0 bridgehead atoms. The summed E-state index contributed by atoms with van der Waals surface area (Å²) in [6.45, 7) is 4.17. The Balaban J connectivity index is 0.00000225. The van der Waals surface area contributed by atoms with Gasteiger partial charge in [0.05, 0.1) is 13.2 Å². The van der Waals surface area contributed by atoms with Gasteiger partial charge in [0, 0.05) is 43.5 Å². The number of nitrogens with zero attached hydrogens (tertiary/aromatic N) is 2. The molecule has 2 aromatic rings. The van der Waals surface area contributed by atoms with E-state index >= 15 is 0 Å². The molecule has 150 valence electrons. The van der Waals surface area contributed by atoms with Crippen molar-refractivity contribution >= 4 is 41.3 Å². The number of guanidine groups is 1. The molecule has 0 spiro atoms. The standard InChI is InChI=1S/C21H26N4O2.HI/c22-21(24-17-7-8-19-20(13-17)27-12-4-11-26-19)23-14-16-9-10-25(15-16)18-5-2-1-3-6-18;/h1-3,5-8,13,16H,4,9-12,14-15H2,(H3,22,23,24);1H. The van der Waals surface area contributed by atoms with E-state index in [1.165, 1.54) is 5.69 Å². The molecule has 1 unspecified atom stereocenters. The van der Waals surface area contributed by atoms with Crippen LogP contribution >= 0.6 is 24.0 Å². The van der Waals surface area contributed by atoms with Gasteiger partial charge in [-0.15, -0.1) is 24.0 Å². The third-order valence-corrected chi connectivity index (χ3v) is 4.95. The first-order valence-electron chi connectivity index (χ1n) is 9.54. The molecule has 1 atom stereocenters. The normalized spacial score (nSPS) is 18.9. The van der Waals surface area contributed by atoms with Crippen molar-refractivity contribution in [2.45, 2.75) is 12.8 Å². The van der Waals surface area contributed by atoms with Gasteiger partial charge in [-0.2, -0.15) is 0 Å². The Labute approximate surface area is 183 Å². The number of nitrogens with one attached hydrogen (secondary N) is 1. The molecule has 0 aromatic heterocycles. The van der Waals surface area contributed by atoms with Crippen molar-refractivity contribution in [3.8, 4) is 11.5 Å². The number of aliphatic imine (C=N–C) groups is 1. The summed E-state index contributed by atoms with van der Waals surface area (Å²) < 4.78 is 11.4. The molecule has 4 rings (SSSR count). The van der Waals surface area contributed by atoms with Crippen LogP contribution in [0.1, 0.15) is 12.8 Å². The van der Waals surface area contributed by atoms with Crippen LogP contribution in [0.3, 0.4) is 0 Å². The summed E-state index contributed by atoms with van der Waals surface area (Å²) in [5.74, 6) is 2.48. The van der Waals surface area contributed by atoms with E-state index in [1.807, 2.05) is 24.3 Å². The minimum absolute atomic E-state index is 0. The van der Waals surface area contributed by atoms with Gasteiger partial charge in [-0.3, -0.25) is 4.99 Å². The second-order valence-corrected chi connectivity index (χ2v) is 7.00. The third-order valence-electron chi connectivity index (χ3n) is 4.95. The lowest BCUT2D eigenvalue weighted by molar-refractivity contribution is 0.297. The minimum Gasteiger partial charge on any atom is -0.490 e. The van der Waals surface area contributed by atoms with Gasteiger partial charge in [0.15, 0.2) is 17.5 Å². The fourth-order valence-corrected chi connectivity index (χ4v) is 3.51. The van der Waals surface area contributed by atoms with Crippen LogP contribution in [0.25, 0.3) is 0 Å². The molecule has 1 saturated heterocycles. The Morgan fingerprint density at radius 3 is 2.71 bits per heavy atom. The molecule has 0 amide bonds. The number of halogens is 1. The summed E-state index contributed by atoms with van der Waals surface area (Å²) in [4.78, 5) is 6.96. The molecule has 0 radical (unpaired) electrons. The average molecular weight is 494 g/mol. The fraction of sp³-hybridized carbons (Fsp3) is 0.381. The number of para-hydroxylation sites is 1. The topological polar surface area (TPSA) is 72.1 Å². The summed E-state index contributed by atoms with van der Waals surface area (Å²) in [6, 6.07) is 16.3. The molecule has 1 fully saturated rings. The van der Waals surface area contributed by atoms with Gasteiger partial charge in [-0.1, -0.05) is 18.2 Å². The number of hydrogen-bond acceptors (Lipinski definition) is 4. The molecule has 2 heterocycles. The highest BCUT2D eigenvalue weighted by Gasteiger charge is 2.22. The van der Waals surface area contributed by atoms with Crippen LogP contribution < -0.4 is 25.4 Å². The van der Waals surface area contributed by atoms with Crippen molar-refractivity contribution in [3.05, 3.63) is 48.5 Å². The van der Waals surface area contributed by atoms with Gasteiger partial charge in [-0.05, 0) is 36.6 Å². The van der Waals surface area contributed by atoms with Crippen LogP contribution in [0, 0.1) is 5.92 Å². The second-order valence-electron chi connectivity index (χ2n) is 7.00. The highest BCUT2D eigenvalue weighted by atomic mass is 127. The molecule has 2 aliphatic rings. The van der Waals surface area contributed by atoms with Crippen molar-refractivity contribution in [2.75, 3.05) is 43.1 Å². The van der Waals surface area contributed by atoms with Crippen LogP contribution in [0.2, 0.25) is 0 Å². The lowest BCUT2D eigenvalue weighted by Crippen LogP contribution is -2.25. The van der Waals surface area contributed by atoms with Gasteiger partial charge in [0.25, 0.3) is 0 Å². The van der Waals surface area contributed by atoms with E-state index < -0.39 is 0 Å². The first-order valence-corrected chi connectivity index (χ1v) is 9.54. The molecule has 0 aliphatic carbocycles. The molecule has 3 N–H and O–H groups in total. The van der Waals surface area contributed by atoms with E-state index in [4.69, 9.17) is 15.2 Å². The SMILES string of the molecule is I.NC(=NCC1CCN(c2ccccc2)C1)Nc1ccc2c(c1)OCCCO2. The molecule has 28 heavy (non-hydrogen) atoms. The van der Waals surface area contributed by atoms with Crippen molar-refractivity contribution in [1.82, 2.24) is 0 Å². The van der Waals surface area contributed by atoms with Crippen LogP contribution in [-0.2, 0) is 0 Å². The Morgan fingerprint density at radius 2 is 1.89 bits per heavy atom. The average Bonchev–Trinajstić information content (AvgIpc) is 3.05. The summed E-state index contributed by atoms with van der Waals surface area (Å²) in [5, 5.41) is 3.16. The Morgan fingerprint density at radius 1 is 1.11 bits per heavy atom. The van der Waals surface area contributed by atoms with Crippen molar-refractivity contribution in [3.63, 3.8) is 0 Å². The van der Waals surface area contributed by atoms with E-state index in [9.17, 15) is 0 Å². The van der Waals surface area contributed by atoms with Gasteiger partial charge < -0.3 is 25.4 Å². The molecule has 2 aromatic carbocycles. The quantitative estimate of drug-likeness (QED) is 0.385. The number of fused-ring (bicyclic) bond motifs is 1. The number of ether oxygens (including phenoxy) is 2. The van der Waals surface area contributed by atoms with E-state index in [2.05, 4.69) is 39.5 Å². The summed E-state index contributed by atoms with van der Waals surface area (Å²) in [6.07, 6.45) is 2.03. The summed E-state index contributed by atoms with van der Waals surface area (Å²) >= 11 is 0. The van der Waals surface area contributed by atoms with Crippen molar-refractivity contribution < 1.29 is 9.47 Å². The lowest BCUT2D eigenvalue weighted by atomic mass is 10.1. The number of anilines is 2. The van der Waals surface area contributed by atoms with E-state index in [0.29, 0.717) is 25.1 Å². The van der Waals surface area contributed by atoms with Gasteiger partial charge >= 0.3 is 0 Å². The monoisotopic (exact) mass is 494 g/mol. The Bertz CT molecular complexity index is 800. The van der Waals surface area contributed by atoms with Crippen LogP contribution in [0.4, 0.5) is 11.4 Å². The van der Waals surface area contributed by atoms with Gasteiger partial charge in [-0.25, -0.2) is 0 Å². The van der Waals surface area contributed by atoms with Gasteiger partial charge in [0.2, 0.25) is 0 Å². The second kappa shape index (κ2) is 9.86. The van der Waals surface area contributed by atoms with Crippen LogP contribution in [0.15, 0.2) is 53.5 Å². The summed E-state index contributed by atoms with van der Waals surface area (Å²) in [5.41, 5.74) is 8.23. The van der Waals surface area contributed by atoms with Gasteiger partial charge in [0.1, 0.15) is 0 Å². The maximum absolute atomic E-state index is 6.09. The van der Waals surface area contributed by atoms with E-state index in [-0.39, 0.29) is 24.0 Å². The molecule has 2 aliphatic heterocycles. The van der Waals surface area contributed by atoms with E-state index in [1.54, 1.807) is 0 Å². The largest absolute Gasteiger partial charge is 0.490 e. The zero-order chi connectivity index (χ0) is 18.5. The molecular weight excluding hydrogens is 467 g/mol. The first kappa shape index (κ1) is 20.6. The summed E-state index contributed by atoms with van der Waals surface area (Å²) in [7, 11) is 0. The number of nitrogens with two attached hydrogens (primary N) is 1. The maximum atomic E-state index is 6.09. The molecule has 7 heteroatoms. The highest BCUT2D eigenvalue weighted by Crippen LogP contribution is 2.32. The number of hydrogen-bond donors (Lipinski definition) is 2.